The molecule has 3 nitrogen and oxygen atoms in total. The summed E-state index contributed by atoms with van der Waals surface area (Å²) in [6.45, 7) is 0.613. The normalized spacial score (nSPS) is 16.9. The Balaban J connectivity index is 1.70. The van der Waals surface area contributed by atoms with Gasteiger partial charge in [-0.25, -0.2) is 0 Å². The van der Waals surface area contributed by atoms with Crippen molar-refractivity contribution < 1.29 is 9.53 Å². The van der Waals surface area contributed by atoms with E-state index in [1.54, 1.807) is 6.08 Å². The summed E-state index contributed by atoms with van der Waals surface area (Å²) in [6.07, 6.45) is 4.16. The van der Waals surface area contributed by atoms with Crippen LogP contribution < -0.4 is 10.1 Å². The fraction of sp³-hybridized carbons (Fsp3) is 0.167. The van der Waals surface area contributed by atoms with Gasteiger partial charge in [0, 0.05) is 22.5 Å². The lowest BCUT2D eigenvalue weighted by Gasteiger charge is -2.26. The second-order valence-corrected chi connectivity index (χ2v) is 6.04. The molecule has 1 heterocycles. The molecule has 0 radical (unpaired) electrons. The predicted molar refractivity (Wildman–Crippen MR) is 90.6 cm³/mol. The maximum atomic E-state index is 12.1. The van der Waals surface area contributed by atoms with Gasteiger partial charge in [0.15, 0.2) is 0 Å². The number of hydrogen-bond acceptors (Lipinski definition) is 2. The van der Waals surface area contributed by atoms with Gasteiger partial charge in [-0.3, -0.25) is 4.79 Å². The molecule has 1 aliphatic heterocycles. The lowest BCUT2D eigenvalue weighted by Crippen LogP contribution is -2.31. The van der Waals surface area contributed by atoms with Crippen molar-refractivity contribution in [2.75, 3.05) is 6.61 Å². The molecule has 22 heavy (non-hydrogen) atoms. The summed E-state index contributed by atoms with van der Waals surface area (Å²) in [6, 6.07) is 15.6. The first kappa shape index (κ1) is 14.9. The highest BCUT2D eigenvalue weighted by atomic mass is 79.9. The molecule has 1 amide bonds. The molecule has 1 unspecified atom stereocenters. The second kappa shape index (κ2) is 6.79. The molecule has 112 valence electrons. The number of hydrogen-bond donors (Lipinski definition) is 1. The standard InChI is InChI=1S/C18H16BrNO2/c19-14-7-8-17-15(12-14)16(10-11-22-17)20-18(21)9-6-13-4-2-1-3-5-13/h1-9,12,16H,10-11H2,(H,20,21). The van der Waals surface area contributed by atoms with Gasteiger partial charge in [0.25, 0.3) is 0 Å². The van der Waals surface area contributed by atoms with Crippen LogP contribution in [0.4, 0.5) is 0 Å². The molecule has 2 aromatic carbocycles. The quantitative estimate of drug-likeness (QED) is 0.839. The highest BCUT2D eigenvalue weighted by Crippen LogP contribution is 2.34. The zero-order valence-corrected chi connectivity index (χ0v) is 13.5. The minimum Gasteiger partial charge on any atom is -0.493 e. The summed E-state index contributed by atoms with van der Waals surface area (Å²) >= 11 is 3.46. The number of nitrogens with one attached hydrogen (secondary N) is 1. The van der Waals surface area contributed by atoms with Gasteiger partial charge >= 0.3 is 0 Å². The average Bonchev–Trinajstić information content (AvgIpc) is 2.54. The molecule has 0 bridgehead atoms. The van der Waals surface area contributed by atoms with Gasteiger partial charge in [-0.1, -0.05) is 46.3 Å². The molecule has 0 saturated heterocycles. The maximum absolute atomic E-state index is 12.1. The van der Waals surface area contributed by atoms with Crippen molar-refractivity contribution in [3.63, 3.8) is 0 Å². The Morgan fingerprint density at radius 1 is 1.23 bits per heavy atom. The van der Waals surface area contributed by atoms with Gasteiger partial charge < -0.3 is 10.1 Å². The van der Waals surface area contributed by atoms with Crippen LogP contribution in [0.2, 0.25) is 0 Å². The van der Waals surface area contributed by atoms with Gasteiger partial charge in [-0.05, 0) is 29.8 Å². The lowest BCUT2D eigenvalue weighted by molar-refractivity contribution is -0.117. The van der Waals surface area contributed by atoms with Crippen LogP contribution in [0.1, 0.15) is 23.6 Å². The number of fused-ring (bicyclic) bond motifs is 1. The van der Waals surface area contributed by atoms with E-state index in [0.29, 0.717) is 6.61 Å². The third-order valence-electron chi connectivity index (χ3n) is 3.55. The summed E-state index contributed by atoms with van der Waals surface area (Å²) in [7, 11) is 0. The van der Waals surface area contributed by atoms with E-state index in [4.69, 9.17) is 4.74 Å². The summed E-state index contributed by atoms with van der Waals surface area (Å²) in [5.74, 6) is 0.744. The number of carbonyl (C=O) groups is 1. The molecule has 1 atom stereocenters. The first-order valence-corrected chi connectivity index (χ1v) is 7.97. The predicted octanol–water partition coefficient (Wildman–Crippen LogP) is 4.10. The van der Waals surface area contributed by atoms with Gasteiger partial charge in [0.2, 0.25) is 5.91 Å². The molecule has 0 spiro atoms. The van der Waals surface area contributed by atoms with Crippen LogP contribution in [0.5, 0.6) is 5.75 Å². The van der Waals surface area contributed by atoms with E-state index >= 15 is 0 Å². The van der Waals surface area contributed by atoms with Crippen molar-refractivity contribution in [2.24, 2.45) is 0 Å². The van der Waals surface area contributed by atoms with Crippen molar-refractivity contribution in [3.8, 4) is 5.75 Å². The molecule has 0 aliphatic carbocycles. The first-order chi connectivity index (χ1) is 10.7. The minimum atomic E-state index is -0.0957. The zero-order valence-electron chi connectivity index (χ0n) is 12.0. The number of rotatable bonds is 3. The van der Waals surface area contributed by atoms with Crippen LogP contribution in [-0.4, -0.2) is 12.5 Å². The van der Waals surface area contributed by atoms with Crippen molar-refractivity contribution in [1.29, 1.82) is 0 Å². The topological polar surface area (TPSA) is 38.3 Å². The Hall–Kier alpha value is -2.07. The molecule has 1 aliphatic rings. The van der Waals surface area contributed by atoms with Crippen LogP contribution in [0.3, 0.4) is 0 Å². The zero-order chi connectivity index (χ0) is 15.4. The van der Waals surface area contributed by atoms with Crippen molar-refractivity contribution in [2.45, 2.75) is 12.5 Å². The van der Waals surface area contributed by atoms with E-state index in [2.05, 4.69) is 21.2 Å². The van der Waals surface area contributed by atoms with Gasteiger partial charge in [-0.15, -0.1) is 0 Å². The number of ether oxygens (including phenoxy) is 1. The van der Waals surface area contributed by atoms with Crippen molar-refractivity contribution in [3.05, 3.63) is 70.2 Å². The van der Waals surface area contributed by atoms with Crippen LogP contribution >= 0.6 is 15.9 Å². The highest BCUT2D eigenvalue weighted by molar-refractivity contribution is 9.10. The average molecular weight is 358 g/mol. The van der Waals surface area contributed by atoms with Crippen LogP contribution in [-0.2, 0) is 4.79 Å². The Morgan fingerprint density at radius 3 is 2.86 bits per heavy atom. The lowest BCUT2D eigenvalue weighted by atomic mass is 10.0. The fourth-order valence-corrected chi connectivity index (χ4v) is 2.85. The molecule has 0 fully saturated rings. The Labute approximate surface area is 138 Å². The third kappa shape index (κ3) is 3.57. The smallest absolute Gasteiger partial charge is 0.244 e. The van der Waals surface area contributed by atoms with E-state index in [-0.39, 0.29) is 11.9 Å². The monoisotopic (exact) mass is 357 g/mol. The van der Waals surface area contributed by atoms with E-state index < -0.39 is 0 Å². The van der Waals surface area contributed by atoms with Gasteiger partial charge in [-0.2, -0.15) is 0 Å². The summed E-state index contributed by atoms with van der Waals surface area (Å²) in [5.41, 5.74) is 2.02. The molecular weight excluding hydrogens is 342 g/mol. The molecule has 0 saturated carbocycles. The maximum Gasteiger partial charge on any atom is 0.244 e. The molecule has 1 N–H and O–H groups in total. The van der Waals surface area contributed by atoms with E-state index in [1.165, 1.54) is 0 Å². The fourth-order valence-electron chi connectivity index (χ4n) is 2.47. The van der Waals surface area contributed by atoms with Crippen LogP contribution in [0.25, 0.3) is 6.08 Å². The Morgan fingerprint density at radius 2 is 2.05 bits per heavy atom. The number of benzene rings is 2. The minimum absolute atomic E-state index is 0.0193. The highest BCUT2D eigenvalue weighted by Gasteiger charge is 2.22. The molecule has 4 heteroatoms. The summed E-state index contributed by atoms with van der Waals surface area (Å²) in [5, 5.41) is 3.05. The molecule has 0 aromatic heterocycles. The molecular formula is C18H16BrNO2. The first-order valence-electron chi connectivity index (χ1n) is 7.18. The molecule has 3 rings (SSSR count). The molecule has 2 aromatic rings. The number of amides is 1. The Kier molecular flexibility index (Phi) is 4.59. The number of halogens is 1. The summed E-state index contributed by atoms with van der Waals surface area (Å²) < 4.78 is 6.61. The van der Waals surface area contributed by atoms with Crippen LogP contribution in [0.15, 0.2) is 59.1 Å². The number of carbonyl (C=O) groups excluding carboxylic acids is 1. The SMILES string of the molecule is O=C(C=Cc1ccccc1)NC1CCOc2ccc(Br)cc21. The van der Waals surface area contributed by atoms with Crippen LogP contribution in [0, 0.1) is 0 Å². The largest absolute Gasteiger partial charge is 0.493 e. The van der Waals surface area contributed by atoms with E-state index in [0.717, 1.165) is 27.8 Å². The third-order valence-corrected chi connectivity index (χ3v) is 4.05. The van der Waals surface area contributed by atoms with Gasteiger partial charge in [0.05, 0.1) is 12.6 Å². The van der Waals surface area contributed by atoms with Crippen molar-refractivity contribution in [1.82, 2.24) is 5.32 Å². The van der Waals surface area contributed by atoms with Gasteiger partial charge in [0.1, 0.15) is 5.75 Å². The van der Waals surface area contributed by atoms with E-state index in [1.807, 2.05) is 54.6 Å². The summed E-state index contributed by atoms with van der Waals surface area (Å²) in [4.78, 5) is 12.1. The second-order valence-electron chi connectivity index (χ2n) is 5.12. The van der Waals surface area contributed by atoms with E-state index in [9.17, 15) is 4.79 Å². The Bertz CT molecular complexity index is 697. The van der Waals surface area contributed by atoms with Crippen molar-refractivity contribution >= 4 is 27.9 Å².